The zero-order chi connectivity index (χ0) is 19.3. The Morgan fingerprint density at radius 3 is 2.07 bits per heavy atom. The Kier molecular flexibility index (Phi) is 6.09. The third-order valence-electron chi connectivity index (χ3n) is 4.96. The van der Waals surface area contributed by atoms with Crippen molar-refractivity contribution in [3.05, 3.63) is 36.5 Å². The minimum Gasteiger partial charge on any atom is -0.378 e. The van der Waals surface area contributed by atoms with Gasteiger partial charge in [0.1, 0.15) is 5.03 Å². The first-order valence-electron chi connectivity index (χ1n) is 9.47. The molecular weight excluding hydrogens is 378 g/mol. The van der Waals surface area contributed by atoms with Crippen LogP contribution in [0.15, 0.2) is 41.6 Å². The molecule has 8 heteroatoms. The number of fused-ring (bicyclic) bond motifs is 1. The maximum atomic E-state index is 13.3. The van der Waals surface area contributed by atoms with Crippen molar-refractivity contribution in [2.75, 3.05) is 52.6 Å². The van der Waals surface area contributed by atoms with Gasteiger partial charge in [0.2, 0.25) is 11.8 Å². The van der Waals surface area contributed by atoms with Crippen LogP contribution >= 0.6 is 11.8 Å². The van der Waals surface area contributed by atoms with Crippen LogP contribution in [0, 0.1) is 0 Å². The Bertz CT molecular complexity index is 815. The standard InChI is InChI=1S/C20H23N3O4S/c24-19(22-7-11-26-12-8-22)17(20(25)23-9-13-27-14-10-23)28-18-16-4-2-1-3-15(16)5-6-21-18/h1-6,17H,7-14H2. The van der Waals surface area contributed by atoms with E-state index in [1.807, 2.05) is 30.3 Å². The molecular formula is C20H23N3O4S. The molecule has 0 bridgehead atoms. The summed E-state index contributed by atoms with van der Waals surface area (Å²) < 4.78 is 10.7. The zero-order valence-corrected chi connectivity index (χ0v) is 16.4. The average Bonchev–Trinajstić information content (AvgIpc) is 2.78. The van der Waals surface area contributed by atoms with Crippen molar-refractivity contribution in [3.63, 3.8) is 0 Å². The fourth-order valence-corrected chi connectivity index (χ4v) is 4.56. The predicted octanol–water partition coefficient (Wildman–Crippen LogP) is 1.41. The van der Waals surface area contributed by atoms with Gasteiger partial charge >= 0.3 is 0 Å². The van der Waals surface area contributed by atoms with E-state index in [1.54, 1.807) is 16.0 Å². The maximum Gasteiger partial charge on any atom is 0.245 e. The zero-order valence-electron chi connectivity index (χ0n) is 15.6. The van der Waals surface area contributed by atoms with Gasteiger partial charge in [0.05, 0.1) is 26.4 Å². The highest BCUT2D eigenvalue weighted by Crippen LogP contribution is 2.31. The monoisotopic (exact) mass is 401 g/mol. The summed E-state index contributed by atoms with van der Waals surface area (Å²) >= 11 is 1.25. The average molecular weight is 401 g/mol. The van der Waals surface area contributed by atoms with Gasteiger partial charge in [-0.25, -0.2) is 4.98 Å². The van der Waals surface area contributed by atoms with E-state index in [0.29, 0.717) is 57.6 Å². The number of ether oxygens (including phenoxy) is 2. The molecule has 7 nitrogen and oxygen atoms in total. The van der Waals surface area contributed by atoms with Crippen LogP contribution in [0.3, 0.4) is 0 Å². The quantitative estimate of drug-likeness (QED) is 0.570. The first kappa shape index (κ1) is 19.2. The Hall–Kier alpha value is -2.16. The molecule has 28 heavy (non-hydrogen) atoms. The van der Waals surface area contributed by atoms with Crippen LogP contribution in [0.5, 0.6) is 0 Å². The van der Waals surface area contributed by atoms with Crippen LogP contribution in [0.25, 0.3) is 10.8 Å². The van der Waals surface area contributed by atoms with Crippen LogP contribution < -0.4 is 0 Å². The summed E-state index contributed by atoms with van der Waals surface area (Å²) in [6.07, 6.45) is 1.72. The summed E-state index contributed by atoms with van der Waals surface area (Å²) in [5.74, 6) is -0.334. The first-order valence-corrected chi connectivity index (χ1v) is 10.4. The van der Waals surface area contributed by atoms with Gasteiger partial charge in [-0.2, -0.15) is 0 Å². The first-order chi connectivity index (χ1) is 13.7. The van der Waals surface area contributed by atoms with Crippen molar-refractivity contribution in [3.8, 4) is 0 Å². The number of nitrogens with zero attached hydrogens (tertiary/aromatic N) is 3. The molecule has 2 aliphatic rings. The van der Waals surface area contributed by atoms with Crippen LogP contribution in [-0.4, -0.2) is 84.5 Å². The van der Waals surface area contributed by atoms with Gasteiger partial charge in [0, 0.05) is 37.8 Å². The number of thioether (sulfide) groups is 1. The number of amides is 2. The third kappa shape index (κ3) is 4.14. The maximum absolute atomic E-state index is 13.3. The van der Waals surface area contributed by atoms with E-state index in [4.69, 9.17) is 9.47 Å². The number of morpholine rings is 2. The van der Waals surface area contributed by atoms with Crippen molar-refractivity contribution in [1.82, 2.24) is 14.8 Å². The highest BCUT2D eigenvalue weighted by atomic mass is 32.2. The van der Waals surface area contributed by atoms with E-state index in [9.17, 15) is 9.59 Å². The molecule has 2 fully saturated rings. The van der Waals surface area contributed by atoms with Crippen molar-refractivity contribution in [2.45, 2.75) is 10.3 Å². The van der Waals surface area contributed by atoms with E-state index in [1.165, 1.54) is 11.8 Å². The smallest absolute Gasteiger partial charge is 0.245 e. The molecule has 0 saturated carbocycles. The van der Waals surface area contributed by atoms with Gasteiger partial charge in [-0.05, 0) is 11.5 Å². The molecule has 2 saturated heterocycles. The van der Waals surface area contributed by atoms with Crippen molar-refractivity contribution >= 4 is 34.3 Å². The lowest BCUT2D eigenvalue weighted by Gasteiger charge is -2.33. The molecule has 3 heterocycles. The van der Waals surface area contributed by atoms with E-state index in [-0.39, 0.29) is 11.8 Å². The number of pyridine rings is 1. The van der Waals surface area contributed by atoms with Gasteiger partial charge < -0.3 is 19.3 Å². The van der Waals surface area contributed by atoms with Gasteiger partial charge in [0.15, 0.2) is 5.25 Å². The largest absolute Gasteiger partial charge is 0.378 e. The number of aromatic nitrogens is 1. The van der Waals surface area contributed by atoms with Crippen molar-refractivity contribution < 1.29 is 19.1 Å². The lowest BCUT2D eigenvalue weighted by molar-refractivity contribution is -0.144. The molecule has 0 aliphatic carbocycles. The summed E-state index contributed by atoms with van der Waals surface area (Å²) in [7, 11) is 0. The van der Waals surface area contributed by atoms with Gasteiger partial charge in [-0.3, -0.25) is 9.59 Å². The second-order valence-electron chi connectivity index (χ2n) is 6.71. The molecule has 2 aromatic rings. The number of carbonyl (C=O) groups excluding carboxylic acids is 2. The van der Waals surface area contributed by atoms with Crippen LogP contribution in [-0.2, 0) is 19.1 Å². The molecule has 4 rings (SSSR count). The Labute approximate surface area is 168 Å². The number of hydrogen-bond donors (Lipinski definition) is 0. The third-order valence-corrected chi connectivity index (χ3v) is 6.15. The minimum atomic E-state index is -0.852. The summed E-state index contributed by atoms with van der Waals surface area (Å²) in [6, 6.07) is 9.81. The van der Waals surface area contributed by atoms with Gasteiger partial charge in [0.25, 0.3) is 0 Å². The Morgan fingerprint density at radius 2 is 1.46 bits per heavy atom. The fourth-order valence-electron chi connectivity index (χ4n) is 3.40. The molecule has 0 N–H and O–H groups in total. The summed E-state index contributed by atoms with van der Waals surface area (Å²) in [4.78, 5) is 34.5. The molecule has 0 radical (unpaired) electrons. The number of hydrogen-bond acceptors (Lipinski definition) is 6. The molecule has 0 spiro atoms. The molecule has 2 aliphatic heterocycles. The van der Waals surface area contributed by atoms with E-state index in [2.05, 4.69) is 4.98 Å². The lowest BCUT2D eigenvalue weighted by Crippen LogP contribution is -2.52. The van der Waals surface area contributed by atoms with Crippen molar-refractivity contribution in [2.24, 2.45) is 0 Å². The second kappa shape index (κ2) is 8.89. The van der Waals surface area contributed by atoms with Gasteiger partial charge in [-0.15, -0.1) is 0 Å². The minimum absolute atomic E-state index is 0.167. The van der Waals surface area contributed by atoms with Crippen molar-refractivity contribution in [1.29, 1.82) is 0 Å². The molecule has 0 atom stereocenters. The normalized spacial score (nSPS) is 17.9. The predicted molar refractivity (Wildman–Crippen MR) is 106 cm³/mol. The summed E-state index contributed by atoms with van der Waals surface area (Å²) in [6.45, 7) is 4.04. The second-order valence-corrected chi connectivity index (χ2v) is 7.80. The lowest BCUT2D eigenvalue weighted by atomic mass is 10.2. The Balaban J connectivity index is 1.63. The van der Waals surface area contributed by atoms with E-state index < -0.39 is 5.25 Å². The molecule has 1 aromatic heterocycles. The van der Waals surface area contributed by atoms with Gasteiger partial charge in [-0.1, -0.05) is 36.0 Å². The topological polar surface area (TPSA) is 72.0 Å². The fraction of sp³-hybridized carbons (Fsp3) is 0.450. The molecule has 0 unspecified atom stereocenters. The van der Waals surface area contributed by atoms with E-state index >= 15 is 0 Å². The SMILES string of the molecule is O=C(C(Sc1nccc2ccccc12)C(=O)N1CCOCC1)N1CCOCC1. The van der Waals surface area contributed by atoms with Crippen LogP contribution in [0.2, 0.25) is 0 Å². The highest BCUT2D eigenvalue weighted by Gasteiger charge is 2.36. The Morgan fingerprint density at radius 1 is 0.893 bits per heavy atom. The number of carbonyl (C=O) groups is 2. The summed E-state index contributed by atoms with van der Waals surface area (Å²) in [5.41, 5.74) is 0. The van der Waals surface area contributed by atoms with E-state index in [0.717, 1.165) is 10.8 Å². The molecule has 148 valence electrons. The highest BCUT2D eigenvalue weighted by molar-refractivity contribution is 8.01. The summed E-state index contributed by atoms with van der Waals surface area (Å²) in [5, 5.41) is 1.83. The number of rotatable bonds is 4. The van der Waals surface area contributed by atoms with Crippen LogP contribution in [0.1, 0.15) is 0 Å². The number of benzene rings is 1. The molecule has 1 aromatic carbocycles. The van der Waals surface area contributed by atoms with Crippen LogP contribution in [0.4, 0.5) is 0 Å². The molecule has 2 amide bonds.